The fourth-order valence-electron chi connectivity index (χ4n) is 5.77. The molecule has 5 rings (SSSR count). The van der Waals surface area contributed by atoms with Crippen molar-refractivity contribution in [2.75, 3.05) is 47.6 Å². The molecule has 2 aromatic carbocycles. The van der Waals surface area contributed by atoms with Crippen LogP contribution in [0, 0.1) is 0 Å². The fraction of sp³-hybridized carbons (Fsp3) is 0.286. The highest BCUT2D eigenvalue weighted by Gasteiger charge is 2.61. The van der Waals surface area contributed by atoms with E-state index in [9.17, 15) is 24.0 Å². The summed E-state index contributed by atoms with van der Waals surface area (Å²) < 4.78 is 29.6. The lowest BCUT2D eigenvalue weighted by molar-refractivity contribution is -0.138. The number of rotatable bonds is 8. The summed E-state index contributed by atoms with van der Waals surface area (Å²) in [7, 11) is 7.69. The molecular formula is C35H33NO11S3. The predicted molar refractivity (Wildman–Crippen MR) is 191 cm³/mol. The van der Waals surface area contributed by atoms with Gasteiger partial charge in [-0.25, -0.2) is 19.2 Å². The smallest absolute Gasteiger partial charge is 0.345 e. The summed E-state index contributed by atoms with van der Waals surface area (Å²) in [5.74, 6) is -2.78. The molecule has 2 aromatic rings. The van der Waals surface area contributed by atoms with Crippen molar-refractivity contribution < 1.29 is 52.4 Å². The first-order valence-corrected chi connectivity index (χ1v) is 17.3. The molecule has 0 fully saturated rings. The average Bonchev–Trinajstić information content (AvgIpc) is 3.52. The molecule has 0 atom stereocenters. The van der Waals surface area contributed by atoms with Crippen LogP contribution < -0.4 is 14.4 Å². The van der Waals surface area contributed by atoms with Crippen LogP contribution in [0.1, 0.15) is 25.0 Å². The van der Waals surface area contributed by atoms with E-state index in [2.05, 4.69) is 0 Å². The molecule has 0 bridgehead atoms. The third-order valence-corrected chi connectivity index (χ3v) is 12.8. The number of carbonyl (C=O) groups is 5. The highest BCUT2D eigenvalue weighted by molar-refractivity contribution is 8.26. The van der Waals surface area contributed by atoms with E-state index in [4.69, 9.17) is 28.4 Å². The van der Waals surface area contributed by atoms with E-state index in [0.29, 0.717) is 33.2 Å². The van der Waals surface area contributed by atoms with Crippen molar-refractivity contribution in [3.8, 4) is 11.5 Å². The number of esters is 4. The van der Waals surface area contributed by atoms with Crippen molar-refractivity contribution in [3.05, 3.63) is 84.9 Å². The van der Waals surface area contributed by atoms with E-state index < -0.39 is 39.4 Å². The molecule has 3 aliphatic rings. The number of carbonyl (C=O) groups excluding carboxylic acids is 5. The van der Waals surface area contributed by atoms with Crippen LogP contribution in [0.2, 0.25) is 0 Å². The Morgan fingerprint density at radius 1 is 0.680 bits per heavy atom. The van der Waals surface area contributed by atoms with Crippen LogP contribution in [0.15, 0.2) is 73.7 Å². The van der Waals surface area contributed by atoms with Gasteiger partial charge < -0.3 is 28.4 Å². The van der Waals surface area contributed by atoms with Gasteiger partial charge in [-0.2, -0.15) is 0 Å². The third kappa shape index (κ3) is 6.07. The Balaban J connectivity index is 1.81. The number of amides is 1. The maximum atomic E-state index is 14.3. The Morgan fingerprint density at radius 3 is 1.72 bits per heavy atom. The van der Waals surface area contributed by atoms with Crippen LogP contribution in [0.5, 0.6) is 11.5 Å². The van der Waals surface area contributed by atoms with E-state index in [1.54, 1.807) is 62.3 Å². The zero-order chi connectivity index (χ0) is 36.5. The molecule has 0 saturated heterocycles. The second-order valence-corrected chi connectivity index (χ2v) is 14.9. The molecule has 0 aromatic heterocycles. The summed E-state index contributed by atoms with van der Waals surface area (Å²) in [6, 6.07) is 12.3. The van der Waals surface area contributed by atoms with Crippen molar-refractivity contribution in [2.45, 2.75) is 23.5 Å². The number of thioether (sulfide) groups is 3. The van der Waals surface area contributed by atoms with Crippen LogP contribution in [0.3, 0.4) is 0 Å². The number of fused-ring (bicyclic) bond motifs is 3. The number of ether oxygens (including phenoxy) is 6. The molecule has 1 amide bonds. The van der Waals surface area contributed by atoms with E-state index >= 15 is 0 Å². The van der Waals surface area contributed by atoms with Gasteiger partial charge in [-0.05, 0) is 55.8 Å². The van der Waals surface area contributed by atoms with Crippen LogP contribution in [0.4, 0.5) is 5.69 Å². The van der Waals surface area contributed by atoms with Gasteiger partial charge in [0.05, 0.1) is 59.5 Å². The van der Waals surface area contributed by atoms with Crippen molar-refractivity contribution >= 4 is 82.4 Å². The molecule has 0 radical (unpaired) electrons. The molecule has 0 saturated carbocycles. The summed E-state index contributed by atoms with van der Waals surface area (Å²) in [5, 5.41) is 0. The van der Waals surface area contributed by atoms with Gasteiger partial charge >= 0.3 is 23.9 Å². The van der Waals surface area contributed by atoms with Crippen LogP contribution >= 0.6 is 35.3 Å². The first-order valence-electron chi connectivity index (χ1n) is 14.8. The third-order valence-electron chi connectivity index (χ3n) is 8.10. The minimum Gasteiger partial charge on any atom is -0.497 e. The zero-order valence-electron chi connectivity index (χ0n) is 28.4. The lowest BCUT2D eigenvalue weighted by Gasteiger charge is -2.50. The van der Waals surface area contributed by atoms with Gasteiger partial charge in [-0.3, -0.25) is 9.69 Å². The van der Waals surface area contributed by atoms with E-state index in [1.165, 1.54) is 20.3 Å². The molecule has 3 aliphatic heterocycles. The average molecular weight is 740 g/mol. The lowest BCUT2D eigenvalue weighted by atomic mass is 9.83. The van der Waals surface area contributed by atoms with Gasteiger partial charge in [0.1, 0.15) is 30.3 Å². The standard InChI is InChI=1S/C35H33NO11S3/c1-34(2)29-24(21-17-20(43-4)14-15-22(21)36(34)23(37)16-11-18-9-12-19(42-3)13-10-18)35(25(30(38)44-5)26(48-29)31(39)45-6)49-27(32(40)46-7)28(50-35)33(41)47-8/h9-17H,1-8H3/b16-11+. The molecule has 0 unspecified atom stereocenters. The summed E-state index contributed by atoms with van der Waals surface area (Å²) in [6.45, 7) is 3.60. The summed E-state index contributed by atoms with van der Waals surface area (Å²) >= 11 is 2.64. The fourth-order valence-corrected chi connectivity index (χ4v) is 10.8. The van der Waals surface area contributed by atoms with Crippen LogP contribution in [-0.2, 0) is 42.9 Å². The summed E-state index contributed by atoms with van der Waals surface area (Å²) in [6.07, 6.45) is 3.11. The van der Waals surface area contributed by atoms with Crippen LogP contribution in [-0.4, -0.2) is 82.1 Å². The second-order valence-electron chi connectivity index (χ2n) is 11.2. The van der Waals surface area contributed by atoms with Crippen molar-refractivity contribution in [3.63, 3.8) is 0 Å². The Kier molecular flexibility index (Phi) is 10.5. The van der Waals surface area contributed by atoms with Crippen molar-refractivity contribution in [1.29, 1.82) is 0 Å². The molecule has 12 nitrogen and oxygen atoms in total. The first kappa shape index (κ1) is 36.7. The highest BCUT2D eigenvalue weighted by Crippen LogP contribution is 2.71. The molecular weight excluding hydrogens is 707 g/mol. The number of methoxy groups -OCH3 is 6. The molecule has 50 heavy (non-hydrogen) atoms. The molecule has 3 heterocycles. The zero-order valence-corrected chi connectivity index (χ0v) is 30.8. The van der Waals surface area contributed by atoms with Gasteiger partial charge in [-0.1, -0.05) is 47.4 Å². The summed E-state index contributed by atoms with van der Waals surface area (Å²) in [5.41, 5.74) is 0.707. The van der Waals surface area contributed by atoms with Crippen molar-refractivity contribution in [1.82, 2.24) is 0 Å². The maximum absolute atomic E-state index is 14.3. The van der Waals surface area contributed by atoms with E-state index in [1.807, 2.05) is 12.1 Å². The first-order chi connectivity index (χ1) is 23.8. The monoisotopic (exact) mass is 739 g/mol. The Bertz CT molecular complexity index is 1900. The van der Waals surface area contributed by atoms with Gasteiger partial charge in [0.15, 0.2) is 0 Å². The second kappa shape index (κ2) is 14.3. The van der Waals surface area contributed by atoms with Gasteiger partial charge in [0.25, 0.3) is 5.91 Å². The Labute approximate surface area is 301 Å². The van der Waals surface area contributed by atoms with Gasteiger partial charge in [0.2, 0.25) is 0 Å². The number of nitrogens with zero attached hydrogens (tertiary/aromatic N) is 1. The molecule has 0 N–H and O–H groups in total. The number of hydrogen-bond acceptors (Lipinski definition) is 14. The van der Waals surface area contributed by atoms with Crippen LogP contribution in [0.25, 0.3) is 11.6 Å². The topological polar surface area (TPSA) is 144 Å². The van der Waals surface area contributed by atoms with E-state index in [0.717, 1.165) is 62.2 Å². The molecule has 0 aliphatic carbocycles. The van der Waals surface area contributed by atoms with Gasteiger partial charge in [0, 0.05) is 22.1 Å². The minimum atomic E-state index is -1.71. The largest absolute Gasteiger partial charge is 0.497 e. The Morgan fingerprint density at radius 2 is 1.20 bits per heavy atom. The number of anilines is 1. The maximum Gasteiger partial charge on any atom is 0.345 e. The van der Waals surface area contributed by atoms with Crippen molar-refractivity contribution in [2.24, 2.45) is 0 Å². The highest BCUT2D eigenvalue weighted by atomic mass is 32.2. The number of benzene rings is 2. The molecule has 262 valence electrons. The lowest BCUT2D eigenvalue weighted by Crippen LogP contribution is -2.53. The quantitative estimate of drug-likeness (QED) is 0.195. The molecule has 1 spiro atoms. The SMILES string of the molecule is COC(=O)C1=C(C(=O)OC)SC2(S1)C(C(=O)OC)=C(C(=O)OC)SC1=C2c2cc(OC)ccc2N(C(=O)/C=C/c2ccc(OC)cc2)C1(C)C. The minimum absolute atomic E-state index is 0.142. The number of hydrogen-bond donors (Lipinski definition) is 0. The Hall–Kier alpha value is -4.60. The normalized spacial score (nSPS) is 17.3. The van der Waals surface area contributed by atoms with E-state index in [-0.39, 0.29) is 20.3 Å². The van der Waals surface area contributed by atoms with Gasteiger partial charge in [-0.15, -0.1) is 0 Å². The predicted octanol–water partition coefficient (Wildman–Crippen LogP) is 5.33. The summed E-state index contributed by atoms with van der Waals surface area (Å²) in [4.78, 5) is 69.8. The molecule has 15 heteroatoms.